The van der Waals surface area contributed by atoms with Gasteiger partial charge in [0.2, 0.25) is 16.4 Å². The minimum Gasteiger partial charge on any atom is -0.342 e. The van der Waals surface area contributed by atoms with Crippen LogP contribution in [0.2, 0.25) is 0 Å². The summed E-state index contributed by atoms with van der Waals surface area (Å²) in [6.45, 7) is 4.47. The van der Waals surface area contributed by atoms with Crippen molar-refractivity contribution in [2.24, 2.45) is 0 Å². The third-order valence-corrected chi connectivity index (χ3v) is 5.71. The van der Waals surface area contributed by atoms with E-state index in [9.17, 15) is 18.0 Å². The summed E-state index contributed by atoms with van der Waals surface area (Å²) in [6.07, 6.45) is 3.60. The number of piperazine rings is 1. The number of sulfonamides is 1. The van der Waals surface area contributed by atoms with Crippen LogP contribution in [0.15, 0.2) is 29.2 Å². The van der Waals surface area contributed by atoms with Gasteiger partial charge in [-0.05, 0) is 30.7 Å². The summed E-state index contributed by atoms with van der Waals surface area (Å²) in [4.78, 5) is 26.6. The second kappa shape index (κ2) is 8.96. The molecule has 1 aliphatic rings. The molecule has 0 radical (unpaired) electrons. The van der Waals surface area contributed by atoms with Crippen LogP contribution in [0.25, 0.3) is 0 Å². The molecule has 0 saturated carbocycles. The van der Waals surface area contributed by atoms with E-state index in [1.54, 1.807) is 9.80 Å². The molecule has 1 aliphatic heterocycles. The highest BCUT2D eigenvalue weighted by Gasteiger charge is 2.22. The van der Waals surface area contributed by atoms with E-state index in [4.69, 9.17) is 0 Å². The van der Waals surface area contributed by atoms with Crippen molar-refractivity contribution in [2.75, 3.05) is 32.7 Å². The fraction of sp³-hybridized carbons (Fsp3) is 0.529. The summed E-state index contributed by atoms with van der Waals surface area (Å²) in [5.74, 6) is -0.148. The van der Waals surface area contributed by atoms with E-state index in [-0.39, 0.29) is 10.8 Å². The molecule has 7 nitrogen and oxygen atoms in total. The van der Waals surface area contributed by atoms with Crippen molar-refractivity contribution in [3.63, 3.8) is 0 Å². The summed E-state index contributed by atoms with van der Waals surface area (Å²) < 4.78 is 27.0. The van der Waals surface area contributed by atoms with Gasteiger partial charge in [0.25, 0.3) is 5.91 Å². The zero-order valence-electron chi connectivity index (χ0n) is 14.5. The maximum atomic E-state index is 12.5. The Morgan fingerprint density at radius 1 is 1.12 bits per heavy atom. The number of nitrogens with one attached hydrogen (secondary N) is 1. The molecule has 1 aromatic rings. The lowest BCUT2D eigenvalue weighted by atomic mass is 10.2. The highest BCUT2D eigenvalue weighted by molar-refractivity contribution is 7.89. The molecule has 1 N–H and O–H groups in total. The number of nitrogens with zero attached hydrogens (tertiary/aromatic N) is 2. The Morgan fingerprint density at radius 3 is 2.32 bits per heavy atom. The lowest BCUT2D eigenvalue weighted by Gasteiger charge is -2.32. The SMILES string of the molecule is CCCCCNS(=O)(=O)c1ccc(C(=O)N2CCN(C=O)CC2)cc1. The molecule has 1 saturated heterocycles. The average Bonchev–Trinajstić information content (AvgIpc) is 2.65. The molecule has 0 unspecified atom stereocenters. The topological polar surface area (TPSA) is 86.8 Å². The molecule has 1 aromatic carbocycles. The number of carbonyl (C=O) groups excluding carboxylic acids is 2. The van der Waals surface area contributed by atoms with Gasteiger partial charge in [0.1, 0.15) is 0 Å². The van der Waals surface area contributed by atoms with Crippen molar-refractivity contribution in [3.05, 3.63) is 29.8 Å². The molecule has 0 atom stereocenters. The van der Waals surface area contributed by atoms with E-state index < -0.39 is 10.0 Å². The van der Waals surface area contributed by atoms with E-state index in [0.29, 0.717) is 38.3 Å². The van der Waals surface area contributed by atoms with Crippen LogP contribution in [0.1, 0.15) is 36.5 Å². The third kappa shape index (κ3) is 5.27. The maximum absolute atomic E-state index is 12.5. The number of carbonyl (C=O) groups is 2. The molecule has 138 valence electrons. The predicted octanol–water partition coefficient (Wildman–Crippen LogP) is 1.07. The van der Waals surface area contributed by atoms with Crippen LogP contribution in [0.4, 0.5) is 0 Å². The van der Waals surface area contributed by atoms with Crippen LogP contribution in [0, 0.1) is 0 Å². The first-order valence-electron chi connectivity index (χ1n) is 8.56. The molecular weight excluding hydrogens is 342 g/mol. The van der Waals surface area contributed by atoms with Gasteiger partial charge in [-0.25, -0.2) is 13.1 Å². The Hall–Kier alpha value is -1.93. The van der Waals surface area contributed by atoms with Crippen LogP contribution in [-0.2, 0) is 14.8 Å². The first-order valence-corrected chi connectivity index (χ1v) is 10.0. The Bertz CT molecular complexity index is 680. The number of hydrogen-bond acceptors (Lipinski definition) is 4. The molecule has 2 rings (SSSR count). The number of amides is 2. The Labute approximate surface area is 149 Å². The summed E-state index contributed by atoms with van der Waals surface area (Å²) >= 11 is 0. The quantitative estimate of drug-likeness (QED) is 0.550. The number of unbranched alkanes of at least 4 members (excludes halogenated alkanes) is 2. The van der Waals surface area contributed by atoms with Gasteiger partial charge in [-0.2, -0.15) is 0 Å². The van der Waals surface area contributed by atoms with Crippen molar-refractivity contribution >= 4 is 22.3 Å². The standard InChI is InChI=1S/C17H25N3O4S/c1-2-3-4-9-18-25(23,24)16-7-5-15(6-8-16)17(22)20-12-10-19(14-21)11-13-20/h5-8,14,18H,2-4,9-13H2,1H3. The van der Waals surface area contributed by atoms with Gasteiger partial charge in [-0.15, -0.1) is 0 Å². The van der Waals surface area contributed by atoms with E-state index in [2.05, 4.69) is 11.6 Å². The Balaban J connectivity index is 1.97. The Morgan fingerprint density at radius 2 is 1.76 bits per heavy atom. The highest BCUT2D eigenvalue weighted by Crippen LogP contribution is 2.13. The number of hydrogen-bond donors (Lipinski definition) is 1. The van der Waals surface area contributed by atoms with Crippen molar-refractivity contribution in [2.45, 2.75) is 31.1 Å². The minimum absolute atomic E-state index is 0.148. The second-order valence-electron chi connectivity index (χ2n) is 6.06. The van der Waals surface area contributed by atoms with Gasteiger partial charge in [0, 0.05) is 38.3 Å². The van der Waals surface area contributed by atoms with Gasteiger partial charge >= 0.3 is 0 Å². The molecule has 0 bridgehead atoms. The lowest BCUT2D eigenvalue weighted by Crippen LogP contribution is -2.48. The zero-order chi connectivity index (χ0) is 18.3. The predicted molar refractivity (Wildman–Crippen MR) is 94.7 cm³/mol. The zero-order valence-corrected chi connectivity index (χ0v) is 15.3. The average molecular weight is 367 g/mol. The molecule has 1 fully saturated rings. The summed E-state index contributed by atoms with van der Waals surface area (Å²) in [5.41, 5.74) is 0.449. The monoisotopic (exact) mass is 367 g/mol. The van der Waals surface area contributed by atoms with Crippen molar-refractivity contribution in [1.29, 1.82) is 0 Å². The normalized spacial score (nSPS) is 15.2. The first-order chi connectivity index (χ1) is 12.0. The third-order valence-electron chi connectivity index (χ3n) is 4.23. The van der Waals surface area contributed by atoms with Gasteiger partial charge in [-0.1, -0.05) is 19.8 Å². The van der Waals surface area contributed by atoms with Crippen molar-refractivity contribution in [1.82, 2.24) is 14.5 Å². The van der Waals surface area contributed by atoms with Crippen molar-refractivity contribution < 1.29 is 18.0 Å². The van der Waals surface area contributed by atoms with E-state index in [0.717, 1.165) is 25.7 Å². The minimum atomic E-state index is -3.54. The van der Waals surface area contributed by atoms with Gasteiger partial charge < -0.3 is 9.80 Å². The lowest BCUT2D eigenvalue weighted by molar-refractivity contribution is -0.119. The highest BCUT2D eigenvalue weighted by atomic mass is 32.2. The summed E-state index contributed by atoms with van der Waals surface area (Å²) in [5, 5.41) is 0. The fourth-order valence-electron chi connectivity index (χ4n) is 2.65. The number of benzene rings is 1. The van der Waals surface area contributed by atoms with E-state index in [1.807, 2.05) is 0 Å². The van der Waals surface area contributed by atoms with E-state index >= 15 is 0 Å². The van der Waals surface area contributed by atoms with Crippen LogP contribution >= 0.6 is 0 Å². The fourth-order valence-corrected chi connectivity index (χ4v) is 3.73. The largest absolute Gasteiger partial charge is 0.342 e. The van der Waals surface area contributed by atoms with Crippen LogP contribution < -0.4 is 4.72 Å². The van der Waals surface area contributed by atoms with Crippen molar-refractivity contribution in [3.8, 4) is 0 Å². The smallest absolute Gasteiger partial charge is 0.253 e. The first kappa shape index (κ1) is 19.4. The second-order valence-corrected chi connectivity index (χ2v) is 7.83. The molecule has 0 aliphatic carbocycles. The molecular formula is C17H25N3O4S. The van der Waals surface area contributed by atoms with Gasteiger partial charge in [-0.3, -0.25) is 9.59 Å². The summed E-state index contributed by atoms with van der Waals surface area (Å²) in [6, 6.07) is 5.98. The molecule has 0 aromatic heterocycles. The molecule has 25 heavy (non-hydrogen) atoms. The Kier molecular flexibility index (Phi) is 6.95. The van der Waals surface area contributed by atoms with Crippen LogP contribution in [0.5, 0.6) is 0 Å². The molecule has 8 heteroatoms. The maximum Gasteiger partial charge on any atom is 0.253 e. The number of rotatable bonds is 8. The summed E-state index contributed by atoms with van der Waals surface area (Å²) in [7, 11) is -3.54. The van der Waals surface area contributed by atoms with Crippen LogP contribution in [-0.4, -0.2) is 63.3 Å². The van der Waals surface area contributed by atoms with E-state index in [1.165, 1.54) is 24.3 Å². The molecule has 2 amide bonds. The van der Waals surface area contributed by atoms with Crippen LogP contribution in [0.3, 0.4) is 0 Å². The van der Waals surface area contributed by atoms with Gasteiger partial charge in [0.05, 0.1) is 4.90 Å². The van der Waals surface area contributed by atoms with Gasteiger partial charge in [0.15, 0.2) is 0 Å². The molecule has 1 heterocycles. The molecule has 0 spiro atoms.